The van der Waals surface area contributed by atoms with E-state index in [4.69, 9.17) is 14.2 Å². The van der Waals surface area contributed by atoms with Crippen molar-refractivity contribution in [1.29, 1.82) is 0 Å². The second-order valence-electron chi connectivity index (χ2n) is 4.85. The van der Waals surface area contributed by atoms with Gasteiger partial charge in [0.05, 0.1) is 6.10 Å². The topological polar surface area (TPSA) is 73.9 Å². The Morgan fingerprint density at radius 1 is 1.32 bits per heavy atom. The maximum absolute atomic E-state index is 11.3. The van der Waals surface area contributed by atoms with Gasteiger partial charge in [0.25, 0.3) is 0 Å². The lowest BCUT2D eigenvalue weighted by atomic mass is 9.87. The minimum absolute atomic E-state index is 0.0165. The van der Waals surface area contributed by atoms with Crippen LogP contribution < -0.4 is 5.32 Å². The van der Waals surface area contributed by atoms with Crippen molar-refractivity contribution in [3.8, 4) is 0 Å². The van der Waals surface area contributed by atoms with Gasteiger partial charge in [0.2, 0.25) is 5.91 Å². The Hall–Kier alpha value is -1.14. The first kappa shape index (κ1) is 15.9. The average molecular weight is 273 g/mol. The fourth-order valence-electron chi connectivity index (χ4n) is 2.50. The second-order valence-corrected chi connectivity index (χ2v) is 4.85. The van der Waals surface area contributed by atoms with Crippen LogP contribution in [0, 0.1) is 5.92 Å². The molecule has 0 bridgehead atoms. The van der Waals surface area contributed by atoms with E-state index in [2.05, 4.69) is 5.32 Å². The van der Waals surface area contributed by atoms with Gasteiger partial charge < -0.3 is 19.5 Å². The number of nitrogens with one attached hydrogen (secondary N) is 1. The summed E-state index contributed by atoms with van der Waals surface area (Å²) in [5.41, 5.74) is 0. The van der Waals surface area contributed by atoms with Crippen LogP contribution in [0.4, 0.5) is 0 Å². The van der Waals surface area contributed by atoms with Gasteiger partial charge in [0.1, 0.15) is 12.1 Å². The van der Waals surface area contributed by atoms with E-state index in [1.807, 2.05) is 13.8 Å². The summed E-state index contributed by atoms with van der Waals surface area (Å²) in [6.07, 6.45) is -0.357. The molecule has 0 aliphatic carbocycles. The van der Waals surface area contributed by atoms with Crippen molar-refractivity contribution in [2.24, 2.45) is 5.92 Å². The molecule has 5 atom stereocenters. The van der Waals surface area contributed by atoms with E-state index in [9.17, 15) is 9.59 Å². The van der Waals surface area contributed by atoms with Crippen LogP contribution in [0.15, 0.2) is 0 Å². The molecule has 1 rings (SSSR count). The molecule has 1 fully saturated rings. The molecule has 1 heterocycles. The first-order chi connectivity index (χ1) is 8.90. The number of hydrogen-bond acceptors (Lipinski definition) is 5. The first-order valence-corrected chi connectivity index (χ1v) is 6.53. The van der Waals surface area contributed by atoms with Crippen LogP contribution in [0.5, 0.6) is 0 Å². The zero-order chi connectivity index (χ0) is 14.6. The van der Waals surface area contributed by atoms with E-state index in [-0.39, 0.29) is 23.9 Å². The molecule has 1 amide bonds. The number of rotatable bonds is 4. The highest BCUT2D eigenvalue weighted by Gasteiger charge is 2.45. The van der Waals surface area contributed by atoms with E-state index < -0.39 is 18.4 Å². The molecule has 0 radical (unpaired) electrons. The highest BCUT2D eigenvalue weighted by atomic mass is 16.7. The molecular weight excluding hydrogens is 250 g/mol. The van der Waals surface area contributed by atoms with Crippen molar-refractivity contribution in [2.75, 3.05) is 7.11 Å². The van der Waals surface area contributed by atoms with Gasteiger partial charge in [-0.1, -0.05) is 13.8 Å². The molecule has 110 valence electrons. The van der Waals surface area contributed by atoms with Gasteiger partial charge in [0.15, 0.2) is 6.29 Å². The average Bonchev–Trinajstić information content (AvgIpc) is 2.33. The van der Waals surface area contributed by atoms with Crippen molar-refractivity contribution in [3.05, 3.63) is 0 Å². The zero-order valence-corrected chi connectivity index (χ0v) is 12.1. The van der Waals surface area contributed by atoms with Gasteiger partial charge >= 0.3 is 5.97 Å². The minimum Gasteiger partial charge on any atom is -0.460 e. The summed E-state index contributed by atoms with van der Waals surface area (Å²) in [5.74, 6) is -0.606. The first-order valence-electron chi connectivity index (χ1n) is 6.53. The van der Waals surface area contributed by atoms with E-state index in [0.29, 0.717) is 0 Å². The molecule has 6 heteroatoms. The second kappa shape index (κ2) is 6.86. The quantitative estimate of drug-likeness (QED) is 0.768. The molecule has 0 aromatic rings. The number of ether oxygens (including phenoxy) is 3. The van der Waals surface area contributed by atoms with E-state index in [0.717, 1.165) is 6.42 Å². The summed E-state index contributed by atoms with van der Waals surface area (Å²) >= 11 is 0. The van der Waals surface area contributed by atoms with Crippen molar-refractivity contribution >= 4 is 11.9 Å². The molecule has 0 saturated carbocycles. The van der Waals surface area contributed by atoms with Crippen LogP contribution in [0.1, 0.15) is 34.1 Å². The van der Waals surface area contributed by atoms with Crippen LogP contribution in [0.25, 0.3) is 0 Å². The molecule has 1 aliphatic rings. The Morgan fingerprint density at radius 2 is 1.95 bits per heavy atom. The molecule has 0 aromatic carbocycles. The molecule has 1 N–H and O–H groups in total. The molecule has 1 aliphatic heterocycles. The van der Waals surface area contributed by atoms with Crippen LogP contribution in [0.2, 0.25) is 0 Å². The Labute approximate surface area is 113 Å². The molecule has 19 heavy (non-hydrogen) atoms. The number of methoxy groups -OCH3 is 1. The normalized spacial score (nSPS) is 34.7. The molecular formula is C13H23NO5. The molecule has 6 nitrogen and oxygen atoms in total. The van der Waals surface area contributed by atoms with Gasteiger partial charge in [-0.3, -0.25) is 9.59 Å². The number of esters is 1. The summed E-state index contributed by atoms with van der Waals surface area (Å²) < 4.78 is 16.4. The molecule has 0 spiro atoms. The van der Waals surface area contributed by atoms with Crippen LogP contribution in [0.3, 0.4) is 0 Å². The lowest BCUT2D eigenvalue weighted by Crippen LogP contribution is -2.61. The fourth-order valence-corrected chi connectivity index (χ4v) is 2.50. The maximum atomic E-state index is 11.3. The number of amides is 1. The minimum atomic E-state index is -0.616. The van der Waals surface area contributed by atoms with Gasteiger partial charge in [-0.05, 0) is 6.42 Å². The standard InChI is InChI=1S/C13H23NO5/c1-6-10-7(2)12(18-9(4)16)11(14-8(3)15)13(17-5)19-10/h7,10-13H,6H2,1-5H3,(H,14,15). The summed E-state index contributed by atoms with van der Waals surface area (Å²) in [6.45, 7) is 6.71. The molecule has 0 aromatic heterocycles. The lowest BCUT2D eigenvalue weighted by molar-refractivity contribution is -0.245. The van der Waals surface area contributed by atoms with Crippen molar-refractivity contribution in [3.63, 3.8) is 0 Å². The SMILES string of the molecule is CCC1OC(OC)C(NC(C)=O)C(OC(C)=O)C1C. The predicted molar refractivity (Wildman–Crippen MR) is 68.3 cm³/mol. The van der Waals surface area contributed by atoms with E-state index >= 15 is 0 Å². The van der Waals surface area contributed by atoms with E-state index in [1.54, 1.807) is 0 Å². The Bertz CT molecular complexity index is 333. The third-order valence-electron chi connectivity index (χ3n) is 3.37. The lowest BCUT2D eigenvalue weighted by Gasteiger charge is -2.44. The Morgan fingerprint density at radius 3 is 2.37 bits per heavy atom. The Kier molecular flexibility index (Phi) is 5.75. The van der Waals surface area contributed by atoms with Gasteiger partial charge in [-0.2, -0.15) is 0 Å². The fraction of sp³-hybridized carbons (Fsp3) is 0.846. The number of hydrogen-bond donors (Lipinski definition) is 1. The number of carbonyl (C=O) groups excluding carboxylic acids is 2. The maximum Gasteiger partial charge on any atom is 0.302 e. The largest absolute Gasteiger partial charge is 0.460 e. The highest BCUT2D eigenvalue weighted by molar-refractivity contribution is 5.73. The van der Waals surface area contributed by atoms with Crippen molar-refractivity contribution in [1.82, 2.24) is 5.32 Å². The molecule has 1 saturated heterocycles. The highest BCUT2D eigenvalue weighted by Crippen LogP contribution is 2.30. The monoisotopic (exact) mass is 273 g/mol. The van der Waals surface area contributed by atoms with Crippen LogP contribution in [-0.4, -0.2) is 43.5 Å². The van der Waals surface area contributed by atoms with Crippen LogP contribution in [-0.2, 0) is 23.8 Å². The van der Waals surface area contributed by atoms with Crippen LogP contribution >= 0.6 is 0 Å². The van der Waals surface area contributed by atoms with E-state index in [1.165, 1.54) is 21.0 Å². The smallest absolute Gasteiger partial charge is 0.302 e. The Balaban J connectivity index is 2.96. The zero-order valence-electron chi connectivity index (χ0n) is 12.1. The summed E-state index contributed by atoms with van der Waals surface area (Å²) in [4.78, 5) is 22.6. The summed E-state index contributed by atoms with van der Waals surface area (Å²) in [6, 6.07) is -0.496. The summed E-state index contributed by atoms with van der Waals surface area (Å²) in [5, 5.41) is 2.75. The van der Waals surface area contributed by atoms with Crippen molar-refractivity contribution < 1.29 is 23.8 Å². The van der Waals surface area contributed by atoms with Gasteiger partial charge in [-0.25, -0.2) is 0 Å². The predicted octanol–water partition coefficient (Wildman–Crippen LogP) is 0.840. The molecule has 5 unspecified atom stereocenters. The summed E-state index contributed by atoms with van der Waals surface area (Å²) in [7, 11) is 1.51. The van der Waals surface area contributed by atoms with Gasteiger partial charge in [0, 0.05) is 26.9 Å². The number of carbonyl (C=O) groups is 2. The third-order valence-corrected chi connectivity index (χ3v) is 3.37. The van der Waals surface area contributed by atoms with Gasteiger partial charge in [-0.15, -0.1) is 0 Å². The third kappa shape index (κ3) is 3.91. The van der Waals surface area contributed by atoms with Crippen molar-refractivity contribution in [2.45, 2.75) is 58.7 Å².